The third-order valence-electron chi connectivity index (χ3n) is 3.33. The molecule has 0 amide bonds. The molecule has 4 heteroatoms. The number of rotatable bonds is 6. The van der Waals surface area contributed by atoms with Crippen LogP contribution in [0.5, 0.6) is 0 Å². The van der Waals surface area contributed by atoms with Crippen LogP contribution >= 0.6 is 0 Å². The Balaban J connectivity index is 2.27. The summed E-state index contributed by atoms with van der Waals surface area (Å²) in [5.74, 6) is -2.04. The van der Waals surface area contributed by atoms with Gasteiger partial charge in [-0.05, 0) is 43.1 Å². The predicted octanol–water partition coefficient (Wildman–Crippen LogP) is 4.39. The summed E-state index contributed by atoms with van der Waals surface area (Å²) in [4.78, 5) is 0. The van der Waals surface area contributed by atoms with Crippen molar-refractivity contribution in [3.63, 3.8) is 0 Å². The summed E-state index contributed by atoms with van der Waals surface area (Å²) in [6, 6.07) is 9.92. The van der Waals surface area contributed by atoms with Crippen molar-refractivity contribution in [1.82, 2.24) is 5.32 Å². The highest BCUT2D eigenvalue weighted by atomic mass is 19.2. The number of hydrogen-bond donors (Lipinski definition) is 1. The zero-order chi connectivity index (χ0) is 15.2. The fourth-order valence-corrected chi connectivity index (χ4v) is 2.30. The molecule has 21 heavy (non-hydrogen) atoms. The molecule has 0 saturated heterocycles. The van der Waals surface area contributed by atoms with Crippen molar-refractivity contribution in [2.45, 2.75) is 25.8 Å². The molecule has 0 fully saturated rings. The topological polar surface area (TPSA) is 12.0 Å². The van der Waals surface area contributed by atoms with Crippen LogP contribution in [0, 0.1) is 17.5 Å². The molecule has 0 heterocycles. The van der Waals surface area contributed by atoms with E-state index in [-0.39, 0.29) is 17.4 Å². The monoisotopic (exact) mass is 293 g/mol. The lowest BCUT2D eigenvalue weighted by molar-refractivity contribution is 0.458. The SMILES string of the molecule is CCCNC(Cc1cccc(F)c1)c1cccc(F)c1F. The maximum atomic E-state index is 14.0. The number of hydrogen-bond acceptors (Lipinski definition) is 1. The minimum Gasteiger partial charge on any atom is -0.310 e. The van der Waals surface area contributed by atoms with Gasteiger partial charge in [0, 0.05) is 11.6 Å². The maximum absolute atomic E-state index is 14.0. The maximum Gasteiger partial charge on any atom is 0.163 e. The van der Waals surface area contributed by atoms with Crippen LogP contribution in [0.15, 0.2) is 42.5 Å². The Morgan fingerprint density at radius 2 is 1.81 bits per heavy atom. The van der Waals surface area contributed by atoms with Crippen LogP contribution in [0.2, 0.25) is 0 Å². The van der Waals surface area contributed by atoms with Gasteiger partial charge in [0.05, 0.1) is 0 Å². The molecule has 0 aliphatic heterocycles. The van der Waals surface area contributed by atoms with Gasteiger partial charge in [0.1, 0.15) is 5.82 Å². The van der Waals surface area contributed by atoms with Crippen molar-refractivity contribution in [1.29, 1.82) is 0 Å². The Morgan fingerprint density at radius 1 is 1.05 bits per heavy atom. The average molecular weight is 293 g/mol. The number of nitrogens with one attached hydrogen (secondary N) is 1. The van der Waals surface area contributed by atoms with E-state index in [1.165, 1.54) is 18.2 Å². The van der Waals surface area contributed by atoms with E-state index in [1.54, 1.807) is 18.2 Å². The van der Waals surface area contributed by atoms with Gasteiger partial charge >= 0.3 is 0 Å². The van der Waals surface area contributed by atoms with Gasteiger partial charge in [0.25, 0.3) is 0 Å². The normalized spacial score (nSPS) is 12.4. The van der Waals surface area contributed by atoms with Gasteiger partial charge in [-0.3, -0.25) is 0 Å². The summed E-state index contributed by atoms with van der Waals surface area (Å²) in [7, 11) is 0. The lowest BCUT2D eigenvalue weighted by Gasteiger charge is -2.20. The Morgan fingerprint density at radius 3 is 2.52 bits per heavy atom. The Kier molecular flexibility index (Phi) is 5.39. The highest BCUT2D eigenvalue weighted by Gasteiger charge is 2.18. The highest BCUT2D eigenvalue weighted by Crippen LogP contribution is 2.23. The molecule has 1 nitrogen and oxygen atoms in total. The molecular formula is C17H18F3N. The average Bonchev–Trinajstić information content (AvgIpc) is 2.47. The van der Waals surface area contributed by atoms with E-state index in [0.29, 0.717) is 13.0 Å². The molecule has 0 radical (unpaired) electrons. The first-order chi connectivity index (χ1) is 10.1. The summed E-state index contributed by atoms with van der Waals surface area (Å²) in [6.07, 6.45) is 1.27. The summed E-state index contributed by atoms with van der Waals surface area (Å²) in [5, 5.41) is 3.19. The summed E-state index contributed by atoms with van der Waals surface area (Å²) >= 11 is 0. The molecule has 0 spiro atoms. The van der Waals surface area contributed by atoms with Crippen molar-refractivity contribution in [3.05, 3.63) is 71.0 Å². The van der Waals surface area contributed by atoms with E-state index < -0.39 is 11.6 Å². The highest BCUT2D eigenvalue weighted by molar-refractivity contribution is 5.26. The van der Waals surface area contributed by atoms with E-state index in [1.807, 2.05) is 6.92 Å². The first-order valence-corrected chi connectivity index (χ1v) is 7.03. The third-order valence-corrected chi connectivity index (χ3v) is 3.33. The minimum atomic E-state index is -0.866. The van der Waals surface area contributed by atoms with Crippen molar-refractivity contribution in [2.75, 3.05) is 6.54 Å². The zero-order valence-electron chi connectivity index (χ0n) is 11.9. The van der Waals surface area contributed by atoms with Gasteiger partial charge in [-0.15, -0.1) is 0 Å². The fraction of sp³-hybridized carbons (Fsp3) is 0.294. The van der Waals surface area contributed by atoms with Crippen LogP contribution < -0.4 is 5.32 Å². The predicted molar refractivity (Wildman–Crippen MR) is 77.5 cm³/mol. The van der Waals surface area contributed by atoms with Crippen molar-refractivity contribution < 1.29 is 13.2 Å². The number of halogens is 3. The van der Waals surface area contributed by atoms with Crippen LogP contribution in [0.4, 0.5) is 13.2 Å². The van der Waals surface area contributed by atoms with Crippen LogP contribution in [0.3, 0.4) is 0 Å². The Labute approximate surface area is 122 Å². The Bertz CT molecular complexity index is 598. The van der Waals surface area contributed by atoms with Gasteiger partial charge < -0.3 is 5.32 Å². The fourth-order valence-electron chi connectivity index (χ4n) is 2.30. The van der Waals surface area contributed by atoms with E-state index in [0.717, 1.165) is 18.1 Å². The molecule has 1 unspecified atom stereocenters. The first-order valence-electron chi connectivity index (χ1n) is 7.03. The Hall–Kier alpha value is -1.81. The van der Waals surface area contributed by atoms with Crippen LogP contribution in [-0.4, -0.2) is 6.54 Å². The minimum absolute atomic E-state index is 0.271. The first kappa shape index (κ1) is 15.6. The van der Waals surface area contributed by atoms with E-state index in [2.05, 4.69) is 5.32 Å². The lowest BCUT2D eigenvalue weighted by atomic mass is 9.98. The van der Waals surface area contributed by atoms with Gasteiger partial charge in [-0.25, -0.2) is 13.2 Å². The molecule has 0 bridgehead atoms. The molecule has 1 N–H and O–H groups in total. The quantitative estimate of drug-likeness (QED) is 0.833. The standard InChI is InChI=1S/C17H18F3N/c1-2-9-21-16(11-12-5-3-6-13(18)10-12)14-7-4-8-15(19)17(14)20/h3-8,10,16,21H,2,9,11H2,1H3. The summed E-state index contributed by atoms with van der Waals surface area (Å²) in [5.41, 5.74) is 1.01. The molecule has 112 valence electrons. The second-order valence-corrected chi connectivity index (χ2v) is 4.98. The molecule has 0 aliphatic rings. The molecule has 0 aromatic heterocycles. The van der Waals surface area contributed by atoms with E-state index >= 15 is 0 Å². The molecular weight excluding hydrogens is 275 g/mol. The molecule has 2 aromatic carbocycles. The molecule has 0 aliphatic carbocycles. The largest absolute Gasteiger partial charge is 0.310 e. The smallest absolute Gasteiger partial charge is 0.163 e. The lowest BCUT2D eigenvalue weighted by Crippen LogP contribution is -2.25. The summed E-state index contributed by atoms with van der Waals surface area (Å²) in [6.45, 7) is 2.67. The molecule has 1 atom stereocenters. The van der Waals surface area contributed by atoms with Crippen molar-refractivity contribution in [2.24, 2.45) is 0 Å². The third kappa shape index (κ3) is 4.08. The zero-order valence-corrected chi connectivity index (χ0v) is 11.9. The van der Waals surface area contributed by atoms with Crippen molar-refractivity contribution in [3.8, 4) is 0 Å². The van der Waals surface area contributed by atoms with Crippen molar-refractivity contribution >= 4 is 0 Å². The van der Waals surface area contributed by atoms with Crippen LogP contribution in [0.1, 0.15) is 30.5 Å². The second-order valence-electron chi connectivity index (χ2n) is 4.98. The van der Waals surface area contributed by atoms with E-state index in [9.17, 15) is 13.2 Å². The van der Waals surface area contributed by atoms with E-state index in [4.69, 9.17) is 0 Å². The van der Waals surface area contributed by atoms with Gasteiger partial charge in [-0.2, -0.15) is 0 Å². The second kappa shape index (κ2) is 7.27. The van der Waals surface area contributed by atoms with Gasteiger partial charge in [0.2, 0.25) is 0 Å². The molecule has 2 rings (SSSR count). The van der Waals surface area contributed by atoms with Crippen LogP contribution in [0.25, 0.3) is 0 Å². The van der Waals surface area contributed by atoms with Crippen LogP contribution in [-0.2, 0) is 6.42 Å². The molecule has 0 saturated carbocycles. The molecule has 2 aromatic rings. The summed E-state index contributed by atoms with van der Waals surface area (Å²) < 4.78 is 40.6. The van der Waals surface area contributed by atoms with Gasteiger partial charge in [-0.1, -0.05) is 31.2 Å². The van der Waals surface area contributed by atoms with Gasteiger partial charge in [0.15, 0.2) is 11.6 Å². The number of benzene rings is 2.